The zero-order valence-electron chi connectivity index (χ0n) is 10.8. The fourth-order valence-electron chi connectivity index (χ4n) is 1.86. The number of nitrogen functional groups attached to an aromatic ring is 1. The second kappa shape index (κ2) is 5.79. The fraction of sp³-hybridized carbons (Fsp3) is 0.0667. The smallest absolute Gasteiger partial charge is 0.184 e. The second-order valence-corrected chi connectivity index (χ2v) is 5.29. The van der Waals surface area contributed by atoms with Crippen LogP contribution in [0.4, 0.5) is 5.69 Å². The maximum atomic E-state index is 5.93. The van der Waals surface area contributed by atoms with Crippen molar-refractivity contribution in [2.75, 3.05) is 5.73 Å². The number of thioether (sulfide) groups is 1. The maximum Gasteiger partial charge on any atom is 0.184 e. The lowest BCUT2D eigenvalue weighted by Crippen LogP contribution is -1.90. The van der Waals surface area contributed by atoms with E-state index in [0.717, 1.165) is 16.5 Å². The first-order chi connectivity index (χ1) is 9.83. The molecule has 0 fully saturated rings. The SMILES string of the molecule is Nc1ccccc1-c1n[nH]c(SCc2ccccc2)n1. The van der Waals surface area contributed by atoms with Crippen molar-refractivity contribution in [3.8, 4) is 11.4 Å². The van der Waals surface area contributed by atoms with Gasteiger partial charge in [-0.15, -0.1) is 0 Å². The lowest BCUT2D eigenvalue weighted by atomic mass is 10.2. The lowest BCUT2D eigenvalue weighted by Gasteiger charge is -1.99. The number of anilines is 1. The standard InChI is InChI=1S/C15H14N4S/c16-13-9-5-4-8-12(13)14-17-15(19-18-14)20-10-11-6-2-1-3-7-11/h1-9H,10,16H2,(H,17,18,19). The first-order valence-electron chi connectivity index (χ1n) is 6.27. The molecular weight excluding hydrogens is 268 g/mol. The molecule has 0 unspecified atom stereocenters. The molecule has 20 heavy (non-hydrogen) atoms. The van der Waals surface area contributed by atoms with Gasteiger partial charge in [-0.1, -0.05) is 54.2 Å². The summed E-state index contributed by atoms with van der Waals surface area (Å²) in [5.41, 5.74) is 8.73. The van der Waals surface area contributed by atoms with Crippen LogP contribution in [-0.2, 0) is 5.75 Å². The zero-order valence-corrected chi connectivity index (χ0v) is 11.6. The lowest BCUT2D eigenvalue weighted by molar-refractivity contribution is 0.973. The Bertz CT molecular complexity index is 694. The molecule has 100 valence electrons. The molecule has 0 spiro atoms. The molecule has 1 heterocycles. The van der Waals surface area contributed by atoms with Gasteiger partial charge in [0.2, 0.25) is 0 Å². The van der Waals surface area contributed by atoms with E-state index in [2.05, 4.69) is 27.3 Å². The Hall–Kier alpha value is -2.27. The van der Waals surface area contributed by atoms with E-state index in [1.54, 1.807) is 11.8 Å². The number of para-hydroxylation sites is 1. The molecule has 3 rings (SSSR count). The molecule has 0 saturated heterocycles. The van der Waals surface area contributed by atoms with Crippen molar-refractivity contribution in [2.45, 2.75) is 10.9 Å². The van der Waals surface area contributed by atoms with E-state index >= 15 is 0 Å². The number of hydrogen-bond donors (Lipinski definition) is 2. The average Bonchev–Trinajstić information content (AvgIpc) is 2.95. The van der Waals surface area contributed by atoms with Gasteiger partial charge in [0, 0.05) is 17.0 Å². The summed E-state index contributed by atoms with van der Waals surface area (Å²) in [7, 11) is 0. The van der Waals surface area contributed by atoms with Gasteiger partial charge in [0.1, 0.15) is 0 Å². The van der Waals surface area contributed by atoms with Gasteiger partial charge in [-0.25, -0.2) is 4.98 Å². The molecule has 0 radical (unpaired) electrons. The number of nitrogens with zero attached hydrogens (tertiary/aromatic N) is 2. The van der Waals surface area contributed by atoms with Crippen LogP contribution in [0, 0.1) is 0 Å². The van der Waals surface area contributed by atoms with Crippen molar-refractivity contribution < 1.29 is 0 Å². The van der Waals surface area contributed by atoms with Crippen LogP contribution in [0.2, 0.25) is 0 Å². The van der Waals surface area contributed by atoms with E-state index in [9.17, 15) is 0 Å². The highest BCUT2D eigenvalue weighted by molar-refractivity contribution is 7.98. The van der Waals surface area contributed by atoms with Gasteiger partial charge >= 0.3 is 0 Å². The zero-order chi connectivity index (χ0) is 13.8. The van der Waals surface area contributed by atoms with E-state index in [1.807, 2.05) is 42.5 Å². The van der Waals surface area contributed by atoms with Crippen LogP contribution < -0.4 is 5.73 Å². The van der Waals surface area contributed by atoms with E-state index < -0.39 is 0 Å². The molecule has 0 aliphatic rings. The number of rotatable bonds is 4. The molecule has 3 N–H and O–H groups in total. The maximum absolute atomic E-state index is 5.93. The molecule has 3 aromatic rings. The third-order valence-corrected chi connectivity index (χ3v) is 3.82. The van der Waals surface area contributed by atoms with Gasteiger partial charge in [0.15, 0.2) is 11.0 Å². The second-order valence-electron chi connectivity index (χ2n) is 4.33. The van der Waals surface area contributed by atoms with Crippen LogP contribution in [-0.4, -0.2) is 15.2 Å². The number of nitrogens with one attached hydrogen (secondary N) is 1. The molecule has 0 saturated carbocycles. The summed E-state index contributed by atoms with van der Waals surface area (Å²) in [4.78, 5) is 4.47. The first-order valence-corrected chi connectivity index (χ1v) is 7.25. The van der Waals surface area contributed by atoms with Crippen LogP contribution in [0.1, 0.15) is 5.56 Å². The summed E-state index contributed by atoms with van der Waals surface area (Å²) in [5.74, 6) is 1.50. The number of hydrogen-bond acceptors (Lipinski definition) is 4. The van der Waals surface area contributed by atoms with Crippen LogP contribution in [0.5, 0.6) is 0 Å². The highest BCUT2D eigenvalue weighted by Crippen LogP contribution is 2.25. The van der Waals surface area contributed by atoms with E-state index in [0.29, 0.717) is 11.5 Å². The minimum absolute atomic E-state index is 0.638. The highest BCUT2D eigenvalue weighted by atomic mass is 32.2. The van der Waals surface area contributed by atoms with Crippen molar-refractivity contribution in [3.05, 3.63) is 60.2 Å². The normalized spacial score (nSPS) is 10.6. The van der Waals surface area contributed by atoms with Gasteiger partial charge in [-0.05, 0) is 17.7 Å². The summed E-state index contributed by atoms with van der Waals surface area (Å²) in [6, 6.07) is 17.9. The van der Waals surface area contributed by atoms with Gasteiger partial charge in [-0.3, -0.25) is 5.10 Å². The Morgan fingerprint density at radius 3 is 2.55 bits per heavy atom. The third-order valence-electron chi connectivity index (χ3n) is 2.88. The van der Waals surface area contributed by atoms with Crippen molar-refractivity contribution in [1.82, 2.24) is 15.2 Å². The number of aromatic amines is 1. The molecule has 4 nitrogen and oxygen atoms in total. The summed E-state index contributed by atoms with van der Waals surface area (Å²) >= 11 is 1.62. The predicted molar refractivity (Wildman–Crippen MR) is 82.2 cm³/mol. The molecule has 0 amide bonds. The fourth-order valence-corrected chi connectivity index (χ4v) is 2.62. The van der Waals surface area contributed by atoms with Crippen molar-refractivity contribution >= 4 is 17.4 Å². The molecule has 0 atom stereocenters. The van der Waals surface area contributed by atoms with Crippen LogP contribution in [0.15, 0.2) is 59.8 Å². The topological polar surface area (TPSA) is 67.6 Å². The number of H-pyrrole nitrogens is 1. The van der Waals surface area contributed by atoms with Crippen molar-refractivity contribution in [1.29, 1.82) is 0 Å². The predicted octanol–water partition coefficient (Wildman–Crippen LogP) is 3.35. The van der Waals surface area contributed by atoms with Gasteiger partial charge < -0.3 is 5.73 Å². The quantitative estimate of drug-likeness (QED) is 0.569. The van der Waals surface area contributed by atoms with E-state index in [1.165, 1.54) is 5.56 Å². The average molecular weight is 282 g/mol. The van der Waals surface area contributed by atoms with Gasteiger partial charge in [0.05, 0.1) is 0 Å². The molecule has 0 aliphatic heterocycles. The molecule has 0 aliphatic carbocycles. The number of aromatic nitrogens is 3. The summed E-state index contributed by atoms with van der Waals surface area (Å²) in [5, 5.41) is 7.97. The summed E-state index contributed by atoms with van der Waals surface area (Å²) < 4.78 is 0. The molecule has 2 aromatic carbocycles. The van der Waals surface area contributed by atoms with Crippen LogP contribution >= 0.6 is 11.8 Å². The van der Waals surface area contributed by atoms with E-state index in [4.69, 9.17) is 5.73 Å². The summed E-state index contributed by atoms with van der Waals surface area (Å²) in [6.45, 7) is 0. The molecule has 1 aromatic heterocycles. The van der Waals surface area contributed by atoms with Gasteiger partial charge in [-0.2, -0.15) is 5.10 Å². The Labute approximate surface area is 121 Å². The third kappa shape index (κ3) is 2.83. The largest absolute Gasteiger partial charge is 0.398 e. The summed E-state index contributed by atoms with van der Waals surface area (Å²) in [6.07, 6.45) is 0. The molecule has 5 heteroatoms. The first kappa shape index (κ1) is 12.7. The Morgan fingerprint density at radius 2 is 1.75 bits per heavy atom. The van der Waals surface area contributed by atoms with Crippen LogP contribution in [0.3, 0.4) is 0 Å². The highest BCUT2D eigenvalue weighted by Gasteiger charge is 2.08. The van der Waals surface area contributed by atoms with Crippen molar-refractivity contribution in [3.63, 3.8) is 0 Å². The number of benzene rings is 2. The van der Waals surface area contributed by atoms with E-state index in [-0.39, 0.29) is 0 Å². The Kier molecular flexibility index (Phi) is 3.69. The Morgan fingerprint density at radius 1 is 1.00 bits per heavy atom. The molecule has 0 bridgehead atoms. The monoisotopic (exact) mass is 282 g/mol. The van der Waals surface area contributed by atoms with Crippen molar-refractivity contribution in [2.24, 2.45) is 0 Å². The Balaban J connectivity index is 1.73. The minimum Gasteiger partial charge on any atom is -0.398 e. The van der Waals surface area contributed by atoms with Crippen LogP contribution in [0.25, 0.3) is 11.4 Å². The number of nitrogens with two attached hydrogens (primary N) is 1. The minimum atomic E-state index is 0.638. The molecular formula is C15H14N4S. The van der Waals surface area contributed by atoms with Gasteiger partial charge in [0.25, 0.3) is 0 Å².